The summed E-state index contributed by atoms with van der Waals surface area (Å²) in [5.41, 5.74) is 25.0. The van der Waals surface area contributed by atoms with Gasteiger partial charge in [-0.1, -0.05) is 352 Å². The summed E-state index contributed by atoms with van der Waals surface area (Å²) in [4.78, 5) is 0. The normalized spacial score (nSPS) is 11.9. The number of hydrogen-bond acceptors (Lipinski definition) is 0. The molecule has 0 radical (unpaired) electrons. The van der Waals surface area contributed by atoms with Gasteiger partial charge in [0.25, 0.3) is 0 Å². The summed E-state index contributed by atoms with van der Waals surface area (Å²) in [7, 11) is 0. The van der Waals surface area contributed by atoms with E-state index >= 15 is 0 Å². The van der Waals surface area contributed by atoms with Crippen molar-refractivity contribution >= 4 is 111 Å². The molecule has 0 atom stereocenters. The second kappa shape index (κ2) is 25.0. The molecule has 470 valence electrons. The van der Waals surface area contributed by atoms with Gasteiger partial charge < -0.3 is 4.57 Å². The van der Waals surface area contributed by atoms with Crippen molar-refractivity contribution in [2.75, 3.05) is 0 Å². The van der Waals surface area contributed by atoms with Crippen LogP contribution in [0.25, 0.3) is 194 Å². The molecule has 0 aliphatic carbocycles. The Balaban J connectivity index is 0.743. The number of benzene rings is 18. The fourth-order valence-electron chi connectivity index (χ4n) is 15.9. The molecule has 1 aromatic heterocycles. The zero-order chi connectivity index (χ0) is 66.7. The number of aromatic nitrogens is 1. The van der Waals surface area contributed by atoms with Crippen LogP contribution in [0.1, 0.15) is 22.3 Å². The molecule has 0 N–H and O–H groups in total. The van der Waals surface area contributed by atoms with Gasteiger partial charge in [0.2, 0.25) is 0 Å². The summed E-state index contributed by atoms with van der Waals surface area (Å²) in [6.45, 7) is 0. The van der Waals surface area contributed by atoms with E-state index in [9.17, 15) is 0 Å². The van der Waals surface area contributed by atoms with Gasteiger partial charge in [0.15, 0.2) is 0 Å². The summed E-state index contributed by atoms with van der Waals surface area (Å²) >= 11 is 0. The first kappa shape index (κ1) is 59.1. The Bertz CT molecular complexity index is 6440. The van der Waals surface area contributed by atoms with E-state index in [0.717, 1.165) is 39.1 Å². The molecule has 19 rings (SSSR count). The molecule has 101 heavy (non-hydrogen) atoms. The van der Waals surface area contributed by atoms with Crippen molar-refractivity contribution in [1.29, 1.82) is 0 Å². The molecule has 0 aliphatic rings. The van der Waals surface area contributed by atoms with E-state index in [1.54, 1.807) is 0 Å². The van der Waals surface area contributed by atoms with E-state index in [-0.39, 0.29) is 0 Å². The lowest BCUT2D eigenvalue weighted by molar-refractivity contribution is 1.18. The lowest BCUT2D eigenvalue weighted by Gasteiger charge is -2.20. The Kier molecular flexibility index (Phi) is 14.6. The zero-order valence-corrected chi connectivity index (χ0v) is 55.5. The molecular formula is C100H65N. The molecule has 18 aromatic carbocycles. The maximum absolute atomic E-state index is 2.48. The monoisotopic (exact) mass is 1280 g/mol. The van der Waals surface area contributed by atoms with Crippen LogP contribution in [-0.2, 0) is 0 Å². The number of fused-ring (bicyclic) bond motifs is 9. The highest BCUT2D eigenvalue weighted by Gasteiger charge is 2.22. The Labute approximate surface area is 587 Å². The highest BCUT2D eigenvalue weighted by atomic mass is 15.0. The SMILES string of the molecule is C(=Cc1ccc(-c2c3ccccc3c(-c3ccc(-n4c5ccccc5c5ccccc54)cc3)c3cc(-c4ccc5c(-c6ccccc6)c6ccccc6c(-c6ccc(C=Cc7ccc(-c8ccccc8)c8ccccc78)cc6)c5c4)ccc23)cc1)c1ccc(-c2ccc3ccccc3c2)cc1. The van der Waals surface area contributed by atoms with Crippen LogP contribution in [0.4, 0.5) is 0 Å². The van der Waals surface area contributed by atoms with E-state index < -0.39 is 0 Å². The first-order valence-corrected chi connectivity index (χ1v) is 34.9. The van der Waals surface area contributed by atoms with Gasteiger partial charge in [-0.05, 0) is 207 Å². The van der Waals surface area contributed by atoms with Crippen molar-refractivity contribution in [3.63, 3.8) is 0 Å². The predicted molar refractivity (Wildman–Crippen MR) is 435 cm³/mol. The number of hydrogen-bond donors (Lipinski definition) is 0. The Morgan fingerprint density at radius 1 is 0.178 bits per heavy atom. The first-order chi connectivity index (χ1) is 50.1. The molecule has 1 heterocycles. The van der Waals surface area contributed by atoms with E-state index in [1.165, 1.54) is 153 Å². The van der Waals surface area contributed by atoms with Gasteiger partial charge in [-0.15, -0.1) is 0 Å². The zero-order valence-electron chi connectivity index (χ0n) is 55.5. The Morgan fingerprint density at radius 3 is 1.04 bits per heavy atom. The van der Waals surface area contributed by atoms with Gasteiger partial charge in [0, 0.05) is 16.5 Å². The predicted octanol–water partition coefficient (Wildman–Crippen LogP) is 27.7. The van der Waals surface area contributed by atoms with Gasteiger partial charge in [0.05, 0.1) is 11.0 Å². The minimum atomic E-state index is 1.13. The van der Waals surface area contributed by atoms with Crippen LogP contribution >= 0.6 is 0 Å². The third-order valence-corrected chi connectivity index (χ3v) is 20.8. The third-order valence-electron chi connectivity index (χ3n) is 20.8. The molecule has 0 saturated carbocycles. The number of nitrogens with zero attached hydrogens (tertiary/aromatic N) is 1. The molecule has 0 amide bonds. The minimum absolute atomic E-state index is 1.13. The van der Waals surface area contributed by atoms with Gasteiger partial charge >= 0.3 is 0 Å². The summed E-state index contributed by atoms with van der Waals surface area (Å²) < 4.78 is 2.41. The summed E-state index contributed by atoms with van der Waals surface area (Å²) in [5.74, 6) is 0. The molecule has 1 nitrogen and oxygen atoms in total. The fraction of sp³-hybridized carbons (Fsp3) is 0. The van der Waals surface area contributed by atoms with Crippen molar-refractivity contribution in [1.82, 2.24) is 4.57 Å². The van der Waals surface area contributed by atoms with Gasteiger partial charge in [-0.25, -0.2) is 0 Å². The van der Waals surface area contributed by atoms with E-state index in [4.69, 9.17) is 0 Å². The van der Waals surface area contributed by atoms with Crippen molar-refractivity contribution in [2.24, 2.45) is 0 Å². The molecule has 19 aromatic rings. The van der Waals surface area contributed by atoms with E-state index in [0.29, 0.717) is 0 Å². The minimum Gasteiger partial charge on any atom is -0.309 e. The largest absolute Gasteiger partial charge is 0.309 e. The van der Waals surface area contributed by atoms with Crippen LogP contribution in [0.5, 0.6) is 0 Å². The van der Waals surface area contributed by atoms with Crippen LogP contribution in [0.2, 0.25) is 0 Å². The Hall–Kier alpha value is -13.2. The highest BCUT2D eigenvalue weighted by molar-refractivity contribution is 6.24. The van der Waals surface area contributed by atoms with Crippen molar-refractivity contribution in [3.8, 4) is 83.6 Å². The smallest absolute Gasteiger partial charge is 0.0541 e. The third kappa shape index (κ3) is 10.6. The van der Waals surface area contributed by atoms with Crippen molar-refractivity contribution in [3.05, 3.63) is 392 Å². The van der Waals surface area contributed by atoms with Crippen molar-refractivity contribution in [2.45, 2.75) is 0 Å². The van der Waals surface area contributed by atoms with E-state index in [1.807, 2.05) is 0 Å². The van der Waals surface area contributed by atoms with Crippen LogP contribution in [0, 0.1) is 0 Å². The second-order valence-electron chi connectivity index (χ2n) is 26.6. The second-order valence-corrected chi connectivity index (χ2v) is 26.6. The van der Waals surface area contributed by atoms with Crippen LogP contribution in [-0.4, -0.2) is 4.57 Å². The molecule has 0 spiro atoms. The fourth-order valence-corrected chi connectivity index (χ4v) is 15.9. The van der Waals surface area contributed by atoms with Crippen LogP contribution < -0.4 is 0 Å². The summed E-state index contributed by atoms with van der Waals surface area (Å²) in [5, 5.41) is 17.2. The van der Waals surface area contributed by atoms with E-state index in [2.05, 4.69) is 399 Å². The standard InChI is InChI=1S/C100H65N/c1-3-20-71(21-4-1)83-60-55-72(82-25-9-10-26-84(82)83)46-39-68-42-49-75(50-43-68)99-89-31-13-11-29-87(89)97(73-22-5-2-6-23-73)91-61-56-79(64-93(91)99)80-57-62-92-94(65-80)100(76-53-58-81(59-54-76)101-95-33-17-15-27-85(95)86-28-16-18-34-96(86)101)90-32-14-12-30-88(90)98(92)74-47-40-67(41-48-74)36-35-66-37-44-70(45-38-66)78-52-51-69-19-7-8-24-77(69)63-78/h1-65H. The van der Waals surface area contributed by atoms with Crippen LogP contribution in [0.15, 0.2) is 370 Å². The maximum Gasteiger partial charge on any atom is 0.0541 e. The number of rotatable bonds is 12. The Morgan fingerprint density at radius 2 is 0.525 bits per heavy atom. The molecule has 1 heteroatoms. The summed E-state index contributed by atoms with van der Waals surface area (Å²) in [6.07, 6.45) is 8.97. The molecule has 0 bridgehead atoms. The molecule has 0 saturated heterocycles. The first-order valence-electron chi connectivity index (χ1n) is 34.9. The average molecular weight is 1280 g/mol. The van der Waals surface area contributed by atoms with Gasteiger partial charge in [-0.2, -0.15) is 0 Å². The quantitative estimate of drug-likeness (QED) is 0.0849. The maximum atomic E-state index is 2.48. The molecule has 0 fully saturated rings. The van der Waals surface area contributed by atoms with Gasteiger partial charge in [-0.3, -0.25) is 0 Å². The van der Waals surface area contributed by atoms with Gasteiger partial charge in [0.1, 0.15) is 0 Å². The molecule has 0 aliphatic heterocycles. The van der Waals surface area contributed by atoms with Crippen LogP contribution in [0.3, 0.4) is 0 Å². The molecule has 0 unspecified atom stereocenters. The number of para-hydroxylation sites is 2. The molecular weight excluding hydrogens is 1220 g/mol. The average Bonchev–Trinajstić information content (AvgIpc) is 1.05. The topological polar surface area (TPSA) is 4.93 Å². The lowest BCUT2D eigenvalue weighted by Crippen LogP contribution is -1.95. The van der Waals surface area contributed by atoms with Crippen molar-refractivity contribution < 1.29 is 0 Å². The summed E-state index contributed by atoms with van der Waals surface area (Å²) in [6, 6.07) is 137. The highest BCUT2D eigenvalue weighted by Crippen LogP contribution is 2.49. The lowest BCUT2D eigenvalue weighted by atomic mass is 9.83.